The van der Waals surface area contributed by atoms with Crippen molar-refractivity contribution in [1.29, 1.82) is 0 Å². The van der Waals surface area contributed by atoms with Gasteiger partial charge in [-0.1, -0.05) is 23.9 Å². The number of H-pyrrole nitrogens is 1. The first-order chi connectivity index (χ1) is 13.6. The highest BCUT2D eigenvalue weighted by Crippen LogP contribution is 2.24. The first-order valence-corrected chi connectivity index (χ1v) is 9.84. The van der Waals surface area contributed by atoms with E-state index in [1.165, 1.54) is 18.3 Å². The molecule has 1 aliphatic heterocycles. The van der Waals surface area contributed by atoms with Crippen LogP contribution in [0.3, 0.4) is 0 Å². The molecule has 28 heavy (non-hydrogen) atoms. The van der Waals surface area contributed by atoms with E-state index in [2.05, 4.69) is 20.4 Å². The van der Waals surface area contributed by atoms with Crippen LogP contribution >= 0.6 is 11.8 Å². The molecule has 3 heterocycles. The summed E-state index contributed by atoms with van der Waals surface area (Å²) in [7, 11) is 0. The molecule has 8 nitrogen and oxygen atoms in total. The van der Waals surface area contributed by atoms with Gasteiger partial charge in [0.25, 0.3) is 0 Å². The van der Waals surface area contributed by atoms with Crippen LogP contribution in [0.2, 0.25) is 0 Å². The summed E-state index contributed by atoms with van der Waals surface area (Å²) in [5.74, 6) is -0.391. The fourth-order valence-electron chi connectivity index (χ4n) is 2.99. The molecule has 1 amide bonds. The van der Waals surface area contributed by atoms with Gasteiger partial charge in [-0.25, -0.2) is 14.2 Å². The lowest BCUT2D eigenvalue weighted by Gasteiger charge is -2.10. The average Bonchev–Trinajstić information content (AvgIpc) is 3.35. The third kappa shape index (κ3) is 4.07. The summed E-state index contributed by atoms with van der Waals surface area (Å²) >= 11 is 1.13. The van der Waals surface area contributed by atoms with Gasteiger partial charge >= 0.3 is 5.69 Å². The van der Waals surface area contributed by atoms with Gasteiger partial charge in [0.15, 0.2) is 10.8 Å². The van der Waals surface area contributed by atoms with E-state index < -0.39 is 5.69 Å². The van der Waals surface area contributed by atoms with Crippen LogP contribution in [0.15, 0.2) is 40.4 Å². The summed E-state index contributed by atoms with van der Waals surface area (Å²) in [6.07, 6.45) is 3.55. The van der Waals surface area contributed by atoms with Crippen molar-refractivity contribution >= 4 is 23.3 Å². The van der Waals surface area contributed by atoms with Gasteiger partial charge in [-0.15, -0.1) is 0 Å². The number of hydrogen-bond acceptors (Lipinski definition) is 6. The molecule has 146 valence electrons. The van der Waals surface area contributed by atoms with Gasteiger partial charge < -0.3 is 10.1 Å². The second kappa shape index (κ2) is 8.11. The predicted octanol–water partition coefficient (Wildman–Crippen LogP) is 1.61. The first-order valence-electron chi connectivity index (χ1n) is 8.85. The second-order valence-electron chi connectivity index (χ2n) is 6.38. The van der Waals surface area contributed by atoms with Gasteiger partial charge in [0.05, 0.1) is 18.1 Å². The Morgan fingerprint density at radius 1 is 1.39 bits per heavy atom. The van der Waals surface area contributed by atoms with Crippen LogP contribution in [0, 0.1) is 5.82 Å². The van der Waals surface area contributed by atoms with E-state index in [1.54, 1.807) is 12.1 Å². The van der Waals surface area contributed by atoms with Crippen molar-refractivity contribution in [3.8, 4) is 11.1 Å². The molecule has 0 saturated carbocycles. The number of hydrogen-bond donors (Lipinski definition) is 2. The average molecular weight is 403 g/mol. The Balaban J connectivity index is 1.48. The van der Waals surface area contributed by atoms with Crippen LogP contribution in [-0.2, 0) is 9.53 Å². The summed E-state index contributed by atoms with van der Waals surface area (Å²) in [5, 5.41) is 7.18. The van der Waals surface area contributed by atoms with Crippen LogP contribution in [-0.4, -0.2) is 50.5 Å². The Kier molecular flexibility index (Phi) is 5.40. The van der Waals surface area contributed by atoms with Crippen LogP contribution in [0.1, 0.15) is 12.8 Å². The largest absolute Gasteiger partial charge is 0.376 e. The van der Waals surface area contributed by atoms with Crippen molar-refractivity contribution in [2.45, 2.75) is 24.1 Å². The Morgan fingerprint density at radius 2 is 2.21 bits per heavy atom. The molecule has 2 N–H and O–H groups in total. The Labute approximate surface area is 163 Å². The minimum absolute atomic E-state index is 0.0771. The molecule has 1 fully saturated rings. The van der Waals surface area contributed by atoms with E-state index in [0.29, 0.717) is 28.5 Å². The number of ether oxygens (including phenoxy) is 1. The topological polar surface area (TPSA) is 101 Å². The monoisotopic (exact) mass is 403 g/mol. The first kappa shape index (κ1) is 18.6. The van der Waals surface area contributed by atoms with E-state index in [9.17, 15) is 14.0 Å². The number of aromatic amines is 1. The van der Waals surface area contributed by atoms with Gasteiger partial charge in [-0.05, 0) is 30.5 Å². The predicted molar refractivity (Wildman–Crippen MR) is 102 cm³/mol. The number of nitrogens with one attached hydrogen (secondary N) is 2. The van der Waals surface area contributed by atoms with Crippen molar-refractivity contribution in [3.63, 3.8) is 0 Å². The number of aromatic nitrogens is 4. The second-order valence-corrected chi connectivity index (χ2v) is 7.34. The SMILES string of the molecule is O=C(CSc1nc2c(-c3ccc(F)cc3)cnn2c(=O)[nH]1)NC[C@@H]1CCCO1. The molecule has 4 rings (SSSR count). The number of thioether (sulfide) groups is 1. The molecule has 1 saturated heterocycles. The van der Waals surface area contributed by atoms with Crippen molar-refractivity contribution in [2.75, 3.05) is 18.9 Å². The number of rotatable bonds is 6. The van der Waals surface area contributed by atoms with Gasteiger partial charge in [-0.2, -0.15) is 9.61 Å². The summed E-state index contributed by atoms with van der Waals surface area (Å²) in [6, 6.07) is 5.86. The van der Waals surface area contributed by atoms with E-state index in [4.69, 9.17) is 4.74 Å². The lowest BCUT2D eigenvalue weighted by Crippen LogP contribution is -2.33. The zero-order valence-corrected chi connectivity index (χ0v) is 15.7. The van der Waals surface area contributed by atoms with Gasteiger partial charge in [-0.3, -0.25) is 9.78 Å². The molecule has 2 aromatic heterocycles. The fourth-order valence-corrected chi connectivity index (χ4v) is 3.67. The van der Waals surface area contributed by atoms with Crippen molar-refractivity contribution in [3.05, 3.63) is 46.8 Å². The molecule has 3 aromatic rings. The molecule has 0 radical (unpaired) electrons. The number of carbonyl (C=O) groups excluding carboxylic acids is 1. The highest BCUT2D eigenvalue weighted by molar-refractivity contribution is 7.99. The summed E-state index contributed by atoms with van der Waals surface area (Å²) in [6.45, 7) is 1.22. The molecular weight excluding hydrogens is 385 g/mol. The summed E-state index contributed by atoms with van der Waals surface area (Å²) in [4.78, 5) is 31.3. The van der Waals surface area contributed by atoms with Crippen LogP contribution in [0.4, 0.5) is 4.39 Å². The maximum absolute atomic E-state index is 13.2. The van der Waals surface area contributed by atoms with Gasteiger partial charge in [0.1, 0.15) is 5.82 Å². The standard InChI is InChI=1S/C18H18FN5O3S/c19-12-5-3-11(4-6-12)14-9-21-24-16(14)22-17(23-18(24)26)28-10-15(25)20-8-13-2-1-7-27-13/h3-6,9,13H,1-2,7-8,10H2,(H,20,25)(H,22,23,26)/t13-/m0/s1. The third-order valence-corrected chi connectivity index (χ3v) is 5.28. The number of benzene rings is 1. The smallest absolute Gasteiger partial charge is 0.350 e. The molecule has 0 spiro atoms. The minimum Gasteiger partial charge on any atom is -0.376 e. The molecule has 0 bridgehead atoms. The van der Waals surface area contributed by atoms with E-state index in [1.807, 2.05) is 0 Å². The Hall–Kier alpha value is -2.72. The van der Waals surface area contributed by atoms with Gasteiger partial charge in [0.2, 0.25) is 5.91 Å². The van der Waals surface area contributed by atoms with Crippen LogP contribution < -0.4 is 11.0 Å². The van der Waals surface area contributed by atoms with Crippen molar-refractivity contribution < 1.29 is 13.9 Å². The number of carbonyl (C=O) groups is 1. The molecular formula is C18H18FN5O3S. The maximum atomic E-state index is 13.2. The molecule has 10 heteroatoms. The fraction of sp³-hybridized carbons (Fsp3) is 0.333. The maximum Gasteiger partial charge on any atom is 0.350 e. The Morgan fingerprint density at radius 3 is 2.96 bits per heavy atom. The highest BCUT2D eigenvalue weighted by Gasteiger charge is 2.17. The quantitative estimate of drug-likeness (QED) is 0.607. The molecule has 0 unspecified atom stereocenters. The number of nitrogens with zero attached hydrogens (tertiary/aromatic N) is 3. The molecule has 1 aromatic carbocycles. The van der Waals surface area contributed by atoms with Gasteiger partial charge in [0, 0.05) is 18.7 Å². The lowest BCUT2D eigenvalue weighted by molar-refractivity contribution is -0.119. The zero-order valence-electron chi connectivity index (χ0n) is 14.9. The molecule has 1 atom stereocenters. The molecule has 0 aliphatic carbocycles. The third-order valence-electron chi connectivity index (χ3n) is 4.40. The summed E-state index contributed by atoms with van der Waals surface area (Å²) < 4.78 is 19.8. The zero-order chi connectivity index (χ0) is 19.5. The van der Waals surface area contributed by atoms with E-state index in [-0.39, 0.29) is 23.6 Å². The lowest BCUT2D eigenvalue weighted by atomic mass is 10.1. The minimum atomic E-state index is -0.458. The van der Waals surface area contributed by atoms with E-state index in [0.717, 1.165) is 35.7 Å². The summed E-state index contributed by atoms with van der Waals surface area (Å²) in [5.41, 5.74) is 1.19. The van der Waals surface area contributed by atoms with Crippen molar-refractivity contribution in [2.24, 2.45) is 0 Å². The number of halogens is 1. The molecule has 1 aliphatic rings. The van der Waals surface area contributed by atoms with Crippen LogP contribution in [0.5, 0.6) is 0 Å². The normalized spacial score (nSPS) is 16.5. The number of fused-ring (bicyclic) bond motifs is 1. The van der Waals surface area contributed by atoms with Crippen LogP contribution in [0.25, 0.3) is 16.8 Å². The van der Waals surface area contributed by atoms with Crippen molar-refractivity contribution in [1.82, 2.24) is 24.9 Å². The Bertz CT molecular complexity index is 1040. The number of amides is 1. The highest BCUT2D eigenvalue weighted by atomic mass is 32.2. The van der Waals surface area contributed by atoms with E-state index >= 15 is 0 Å².